The van der Waals surface area contributed by atoms with Crippen LogP contribution in [-0.4, -0.2) is 70.3 Å². The molecule has 34 heavy (non-hydrogen) atoms. The van der Waals surface area contributed by atoms with Crippen molar-refractivity contribution in [3.05, 3.63) is 0 Å². The number of rotatable bonds is 26. The quantitative estimate of drug-likeness (QED) is 0.0580. The number of unbranched alkanes of at least 4 members (excludes halogenated alkanes) is 15. The zero-order valence-corrected chi connectivity index (χ0v) is 24.0. The molecule has 0 aliphatic heterocycles. The Labute approximate surface area is 211 Å². The third-order valence-corrected chi connectivity index (χ3v) is 6.94. The Bertz CT molecular complexity index is 486. The number of ether oxygens (including phenoxy) is 2. The zero-order valence-electron chi connectivity index (χ0n) is 23.1. The Kier molecular flexibility index (Phi) is 22.2. The van der Waals surface area contributed by atoms with E-state index in [2.05, 4.69) is 6.92 Å². The predicted octanol–water partition coefficient (Wildman–Crippen LogP) is 7.08. The smallest absolute Gasteiger partial charge is 0.376 e. The Morgan fingerprint density at radius 1 is 0.735 bits per heavy atom. The maximum absolute atomic E-state index is 12.0. The molecule has 0 aliphatic carbocycles. The fraction of sp³-hybridized carbons (Fsp3) is 1.00. The van der Waals surface area contributed by atoms with Crippen molar-refractivity contribution in [1.82, 2.24) is 0 Å². The van der Waals surface area contributed by atoms with Crippen LogP contribution in [0.1, 0.15) is 110 Å². The number of nitrogens with zero attached hydrogens (tertiary/aromatic N) is 1. The molecular weight excluding hydrogens is 453 g/mol. The van der Waals surface area contributed by atoms with E-state index >= 15 is 0 Å². The van der Waals surface area contributed by atoms with Gasteiger partial charge < -0.3 is 18.9 Å². The number of quaternary nitrogens is 1. The SMILES string of the molecule is CCCCCCCCCCCCCCCCCCOCC(OC)OP(=O)(O)OCC[N+](C)(C)C. The summed E-state index contributed by atoms with van der Waals surface area (Å²) in [5.74, 6) is 0. The summed E-state index contributed by atoms with van der Waals surface area (Å²) in [4.78, 5) is 9.83. The minimum Gasteiger partial charge on any atom is -0.376 e. The third-order valence-electron chi connectivity index (χ3n) is 5.93. The van der Waals surface area contributed by atoms with Crippen LogP contribution in [0.3, 0.4) is 0 Å². The average Bonchev–Trinajstić information content (AvgIpc) is 2.76. The summed E-state index contributed by atoms with van der Waals surface area (Å²) in [5.41, 5.74) is 0. The van der Waals surface area contributed by atoms with E-state index < -0.39 is 14.1 Å². The van der Waals surface area contributed by atoms with Crippen LogP contribution in [0.2, 0.25) is 0 Å². The van der Waals surface area contributed by atoms with E-state index in [1.807, 2.05) is 21.1 Å². The number of hydrogen-bond donors (Lipinski definition) is 1. The second kappa shape index (κ2) is 22.2. The van der Waals surface area contributed by atoms with E-state index in [-0.39, 0.29) is 13.2 Å². The van der Waals surface area contributed by atoms with Crippen LogP contribution in [0.15, 0.2) is 0 Å². The normalized spacial score (nSPS) is 14.9. The van der Waals surface area contributed by atoms with Gasteiger partial charge in [0.2, 0.25) is 0 Å². The number of phosphoric ester groups is 1. The van der Waals surface area contributed by atoms with Gasteiger partial charge in [0.1, 0.15) is 13.2 Å². The first kappa shape index (κ1) is 34.0. The van der Waals surface area contributed by atoms with Gasteiger partial charge in [-0.25, -0.2) is 4.57 Å². The summed E-state index contributed by atoms with van der Waals surface area (Å²) < 4.78 is 33.4. The van der Waals surface area contributed by atoms with Crippen LogP contribution in [0.5, 0.6) is 0 Å². The van der Waals surface area contributed by atoms with Gasteiger partial charge in [-0.15, -0.1) is 0 Å². The number of hydrogen-bond acceptors (Lipinski definition) is 5. The summed E-state index contributed by atoms with van der Waals surface area (Å²) >= 11 is 0. The van der Waals surface area contributed by atoms with Gasteiger partial charge in [0.15, 0.2) is 6.29 Å². The predicted molar refractivity (Wildman–Crippen MR) is 141 cm³/mol. The molecular formula is C26H57NO6P+. The Balaban J connectivity index is 3.49. The highest BCUT2D eigenvalue weighted by Crippen LogP contribution is 2.44. The Morgan fingerprint density at radius 2 is 1.18 bits per heavy atom. The van der Waals surface area contributed by atoms with Crippen LogP contribution >= 0.6 is 7.82 Å². The molecule has 0 bridgehead atoms. The maximum Gasteiger partial charge on any atom is 0.474 e. The highest BCUT2D eigenvalue weighted by Gasteiger charge is 2.27. The first-order chi connectivity index (χ1) is 16.2. The molecule has 2 unspecified atom stereocenters. The standard InChI is InChI=1S/C26H56NO6P/c1-6-7-8-9-10-11-12-13-14-15-16-17-18-19-20-21-23-31-25-26(30-5)33-34(28,29)32-24-22-27(2,3)4/h26H,6-25H2,1-5H3/p+1. The summed E-state index contributed by atoms with van der Waals surface area (Å²) in [6.07, 6.45) is 20.5. The molecule has 0 rings (SSSR count). The van der Waals surface area contributed by atoms with Crippen molar-refractivity contribution in [2.75, 3.05) is 54.6 Å². The molecule has 0 aromatic carbocycles. The molecule has 0 spiro atoms. The Morgan fingerprint density at radius 3 is 1.59 bits per heavy atom. The molecule has 0 heterocycles. The number of methoxy groups -OCH3 is 1. The maximum atomic E-state index is 12.0. The molecule has 206 valence electrons. The van der Waals surface area contributed by atoms with E-state index in [1.165, 1.54) is 97.0 Å². The number of phosphoric acid groups is 1. The second-order valence-corrected chi connectivity index (χ2v) is 11.9. The van der Waals surface area contributed by atoms with Gasteiger partial charge in [-0.05, 0) is 6.42 Å². The van der Waals surface area contributed by atoms with E-state index in [4.69, 9.17) is 18.5 Å². The van der Waals surface area contributed by atoms with Crippen LogP contribution < -0.4 is 0 Å². The summed E-state index contributed by atoms with van der Waals surface area (Å²) in [6, 6.07) is 0. The van der Waals surface area contributed by atoms with Gasteiger partial charge in [-0.2, -0.15) is 0 Å². The van der Waals surface area contributed by atoms with Gasteiger partial charge in [-0.1, -0.05) is 103 Å². The van der Waals surface area contributed by atoms with Gasteiger partial charge in [0, 0.05) is 13.7 Å². The zero-order chi connectivity index (χ0) is 25.5. The fourth-order valence-electron chi connectivity index (χ4n) is 3.68. The van der Waals surface area contributed by atoms with Crippen molar-refractivity contribution < 1.29 is 32.5 Å². The van der Waals surface area contributed by atoms with Crippen molar-refractivity contribution >= 4 is 7.82 Å². The average molecular weight is 511 g/mol. The molecule has 0 aromatic heterocycles. The largest absolute Gasteiger partial charge is 0.474 e. The minimum atomic E-state index is -4.16. The molecule has 0 saturated heterocycles. The molecule has 8 heteroatoms. The first-order valence-corrected chi connectivity index (χ1v) is 15.3. The van der Waals surface area contributed by atoms with Crippen LogP contribution in [0, 0.1) is 0 Å². The second-order valence-electron chi connectivity index (χ2n) is 10.5. The van der Waals surface area contributed by atoms with Crippen LogP contribution in [0.4, 0.5) is 0 Å². The molecule has 0 saturated carbocycles. The molecule has 0 radical (unpaired) electrons. The van der Waals surface area contributed by atoms with Gasteiger partial charge in [0.25, 0.3) is 0 Å². The summed E-state index contributed by atoms with van der Waals surface area (Å²) in [7, 11) is 3.21. The molecule has 1 N–H and O–H groups in total. The van der Waals surface area contributed by atoms with Gasteiger partial charge in [-0.3, -0.25) is 9.05 Å². The van der Waals surface area contributed by atoms with Gasteiger partial charge >= 0.3 is 7.82 Å². The first-order valence-electron chi connectivity index (χ1n) is 13.8. The fourth-order valence-corrected chi connectivity index (χ4v) is 4.50. The lowest BCUT2D eigenvalue weighted by molar-refractivity contribution is -0.870. The van der Waals surface area contributed by atoms with E-state index in [0.29, 0.717) is 17.6 Å². The topological polar surface area (TPSA) is 74.2 Å². The van der Waals surface area contributed by atoms with Crippen molar-refractivity contribution in [2.24, 2.45) is 0 Å². The lowest BCUT2D eigenvalue weighted by Gasteiger charge is -2.24. The van der Waals surface area contributed by atoms with Crippen molar-refractivity contribution in [3.63, 3.8) is 0 Å². The van der Waals surface area contributed by atoms with E-state index in [0.717, 1.165) is 12.8 Å². The molecule has 0 aliphatic rings. The highest BCUT2D eigenvalue weighted by molar-refractivity contribution is 7.47. The number of likely N-dealkylation sites (N-methyl/N-ethyl adjacent to an activating group) is 1. The lowest BCUT2D eigenvalue weighted by Crippen LogP contribution is -2.37. The highest BCUT2D eigenvalue weighted by atomic mass is 31.2. The van der Waals surface area contributed by atoms with Crippen molar-refractivity contribution in [3.8, 4) is 0 Å². The van der Waals surface area contributed by atoms with Gasteiger partial charge in [0.05, 0.1) is 27.7 Å². The third kappa shape index (κ3) is 25.1. The minimum absolute atomic E-state index is 0.110. The molecule has 2 atom stereocenters. The molecule has 0 fully saturated rings. The molecule has 7 nitrogen and oxygen atoms in total. The van der Waals surface area contributed by atoms with Crippen molar-refractivity contribution in [1.29, 1.82) is 0 Å². The summed E-state index contributed by atoms with van der Waals surface area (Å²) in [5, 5.41) is 0. The van der Waals surface area contributed by atoms with E-state index in [1.54, 1.807) is 0 Å². The molecule has 0 amide bonds. The lowest BCUT2D eigenvalue weighted by atomic mass is 10.0. The van der Waals surface area contributed by atoms with Crippen molar-refractivity contribution in [2.45, 2.75) is 116 Å². The van der Waals surface area contributed by atoms with E-state index in [9.17, 15) is 9.46 Å². The summed E-state index contributed by atoms with van der Waals surface area (Å²) in [6.45, 7) is 3.71. The molecule has 0 aromatic rings. The van der Waals surface area contributed by atoms with Crippen LogP contribution in [0.25, 0.3) is 0 Å². The monoisotopic (exact) mass is 510 g/mol. The Hall–Kier alpha value is -0.0100. The van der Waals surface area contributed by atoms with Crippen LogP contribution in [-0.2, 0) is 23.1 Å².